The molecule has 0 bridgehead atoms. The lowest BCUT2D eigenvalue weighted by atomic mass is 10.1. The van der Waals surface area contributed by atoms with Crippen LogP contribution in [0.2, 0.25) is 5.02 Å². The highest BCUT2D eigenvalue weighted by Crippen LogP contribution is 2.26. The summed E-state index contributed by atoms with van der Waals surface area (Å²) in [5, 5.41) is 9.84. The Kier molecular flexibility index (Phi) is 5.55. The summed E-state index contributed by atoms with van der Waals surface area (Å²) in [6, 6.07) is 11.3. The Labute approximate surface area is 139 Å². The van der Waals surface area contributed by atoms with Gasteiger partial charge in [0, 0.05) is 5.56 Å². The number of ether oxygens (including phenoxy) is 1. The van der Waals surface area contributed by atoms with Crippen LogP contribution in [-0.4, -0.2) is 23.8 Å². The number of phenolic OH excluding ortho intramolecular Hbond substituents is 1. The molecule has 0 aliphatic heterocycles. The van der Waals surface area contributed by atoms with Crippen molar-refractivity contribution in [3.05, 3.63) is 64.7 Å². The molecule has 0 aliphatic carbocycles. The molecule has 0 unspecified atom stereocenters. The Bertz CT molecular complexity index is 765. The van der Waals surface area contributed by atoms with E-state index in [1.54, 1.807) is 42.5 Å². The maximum Gasteiger partial charge on any atom is 0.172 e. The van der Waals surface area contributed by atoms with Crippen LogP contribution in [0.5, 0.6) is 11.5 Å². The molecule has 23 heavy (non-hydrogen) atoms. The topological polar surface area (TPSA) is 63.6 Å². The summed E-state index contributed by atoms with van der Waals surface area (Å²) in [6.45, 7) is 0. The summed E-state index contributed by atoms with van der Waals surface area (Å²) >= 11 is 5.94. The van der Waals surface area contributed by atoms with Crippen molar-refractivity contribution in [3.63, 3.8) is 0 Å². The molecular weight excluding hydrogens is 316 g/mol. The van der Waals surface area contributed by atoms with Crippen molar-refractivity contribution < 1.29 is 19.4 Å². The van der Waals surface area contributed by atoms with Crippen molar-refractivity contribution in [2.45, 2.75) is 6.42 Å². The lowest BCUT2D eigenvalue weighted by molar-refractivity contribution is -0.113. The summed E-state index contributed by atoms with van der Waals surface area (Å²) in [7, 11) is 1.44. The Morgan fingerprint density at radius 2 is 1.96 bits per heavy atom. The zero-order chi connectivity index (χ0) is 16.8. The van der Waals surface area contributed by atoms with Crippen LogP contribution in [0.1, 0.15) is 22.3 Å². The number of phenols is 1. The maximum atomic E-state index is 12.0. The average molecular weight is 331 g/mol. The average Bonchev–Trinajstić information content (AvgIpc) is 2.54. The highest BCUT2D eigenvalue weighted by atomic mass is 35.5. The van der Waals surface area contributed by atoms with Crippen LogP contribution in [0.25, 0.3) is 6.08 Å². The van der Waals surface area contributed by atoms with Crippen LogP contribution in [0, 0.1) is 0 Å². The summed E-state index contributed by atoms with van der Waals surface area (Å²) in [5.41, 5.74) is 1.01. The molecule has 4 nitrogen and oxygen atoms in total. The SMILES string of the molecule is COc1cc(C=CC(=O)CC(=O)c2ccccc2Cl)ccc1O. The van der Waals surface area contributed by atoms with Gasteiger partial charge in [0.25, 0.3) is 0 Å². The van der Waals surface area contributed by atoms with Crippen LogP contribution in [-0.2, 0) is 4.79 Å². The van der Waals surface area contributed by atoms with E-state index in [4.69, 9.17) is 16.3 Å². The van der Waals surface area contributed by atoms with Gasteiger partial charge in [-0.1, -0.05) is 35.9 Å². The van der Waals surface area contributed by atoms with Gasteiger partial charge in [-0.2, -0.15) is 0 Å². The van der Waals surface area contributed by atoms with Crippen LogP contribution in [0.4, 0.5) is 0 Å². The second-order valence-electron chi connectivity index (χ2n) is 4.81. The number of carbonyl (C=O) groups is 2. The monoisotopic (exact) mass is 330 g/mol. The molecule has 0 fully saturated rings. The van der Waals surface area contributed by atoms with Crippen LogP contribution in [0.3, 0.4) is 0 Å². The van der Waals surface area contributed by atoms with Crippen molar-refractivity contribution in [3.8, 4) is 11.5 Å². The van der Waals surface area contributed by atoms with E-state index in [0.29, 0.717) is 21.9 Å². The number of halogens is 1. The molecule has 0 heterocycles. The quantitative estimate of drug-likeness (QED) is 0.495. The molecule has 0 radical (unpaired) electrons. The molecule has 0 aliphatic rings. The largest absolute Gasteiger partial charge is 0.504 e. The second kappa shape index (κ2) is 7.61. The minimum atomic E-state index is -0.332. The molecule has 118 valence electrons. The van der Waals surface area contributed by atoms with Gasteiger partial charge in [-0.15, -0.1) is 0 Å². The smallest absolute Gasteiger partial charge is 0.172 e. The van der Waals surface area contributed by atoms with Gasteiger partial charge in [0.1, 0.15) is 0 Å². The molecule has 0 saturated heterocycles. The predicted molar refractivity (Wildman–Crippen MR) is 89.1 cm³/mol. The minimum Gasteiger partial charge on any atom is -0.504 e. The molecule has 0 amide bonds. The number of ketones is 2. The Hall–Kier alpha value is -2.59. The first-order valence-electron chi connectivity index (χ1n) is 6.87. The third-order valence-electron chi connectivity index (χ3n) is 3.17. The fourth-order valence-electron chi connectivity index (χ4n) is 1.99. The number of Topliss-reactive ketones (excluding diaryl/α,β-unsaturated/α-hetero) is 1. The third kappa shape index (κ3) is 4.44. The Morgan fingerprint density at radius 3 is 2.65 bits per heavy atom. The lowest BCUT2D eigenvalue weighted by Gasteiger charge is -2.03. The van der Waals surface area contributed by atoms with E-state index in [-0.39, 0.29) is 23.7 Å². The molecule has 0 atom stereocenters. The van der Waals surface area contributed by atoms with Crippen molar-refractivity contribution in [1.82, 2.24) is 0 Å². The number of methoxy groups -OCH3 is 1. The standard InChI is InChI=1S/C18H15ClO4/c1-23-18-10-12(7-9-16(18)21)6-8-13(20)11-17(22)14-4-2-3-5-15(14)19/h2-10,21H,11H2,1H3. The third-order valence-corrected chi connectivity index (χ3v) is 3.50. The molecule has 2 aromatic carbocycles. The first-order chi connectivity index (χ1) is 11.0. The fraction of sp³-hybridized carbons (Fsp3) is 0.111. The Balaban J connectivity index is 2.05. The van der Waals surface area contributed by atoms with Gasteiger partial charge in [-0.25, -0.2) is 0 Å². The molecule has 0 aromatic heterocycles. The van der Waals surface area contributed by atoms with Crippen LogP contribution < -0.4 is 4.74 Å². The highest BCUT2D eigenvalue weighted by Gasteiger charge is 2.12. The highest BCUT2D eigenvalue weighted by molar-refractivity contribution is 6.34. The van der Waals surface area contributed by atoms with Gasteiger partial charge in [0.05, 0.1) is 18.6 Å². The van der Waals surface area contributed by atoms with Crippen molar-refractivity contribution in [1.29, 1.82) is 0 Å². The van der Waals surface area contributed by atoms with Crippen molar-refractivity contribution >= 4 is 29.2 Å². The number of benzene rings is 2. The lowest BCUT2D eigenvalue weighted by Crippen LogP contribution is -2.06. The van der Waals surface area contributed by atoms with E-state index >= 15 is 0 Å². The molecule has 5 heteroatoms. The number of hydrogen-bond acceptors (Lipinski definition) is 4. The summed E-state index contributed by atoms with van der Waals surface area (Å²) in [6.07, 6.45) is 2.63. The van der Waals surface area contributed by atoms with Gasteiger partial charge in [0.2, 0.25) is 0 Å². The predicted octanol–water partition coefficient (Wildman–Crippen LogP) is 3.91. The van der Waals surface area contributed by atoms with Crippen LogP contribution >= 0.6 is 11.6 Å². The molecule has 0 saturated carbocycles. The normalized spacial score (nSPS) is 10.7. The second-order valence-corrected chi connectivity index (χ2v) is 5.22. The zero-order valence-corrected chi connectivity index (χ0v) is 13.2. The molecular formula is C18H15ClO4. The van der Waals surface area contributed by atoms with Crippen LogP contribution in [0.15, 0.2) is 48.5 Å². The van der Waals surface area contributed by atoms with E-state index in [1.807, 2.05) is 0 Å². The molecule has 0 spiro atoms. The summed E-state index contributed by atoms with van der Waals surface area (Å²) in [4.78, 5) is 23.9. The van der Waals surface area contributed by atoms with E-state index in [2.05, 4.69) is 0 Å². The number of hydrogen-bond donors (Lipinski definition) is 1. The molecule has 2 aromatic rings. The van der Waals surface area contributed by atoms with Gasteiger partial charge in [-0.3, -0.25) is 9.59 Å². The molecule has 2 rings (SSSR count). The number of carbonyl (C=O) groups excluding carboxylic acids is 2. The van der Waals surface area contributed by atoms with Gasteiger partial charge >= 0.3 is 0 Å². The zero-order valence-electron chi connectivity index (χ0n) is 12.5. The van der Waals surface area contributed by atoms with Gasteiger partial charge < -0.3 is 9.84 Å². The van der Waals surface area contributed by atoms with E-state index < -0.39 is 0 Å². The first-order valence-corrected chi connectivity index (χ1v) is 7.24. The number of rotatable bonds is 6. The van der Waals surface area contributed by atoms with E-state index in [1.165, 1.54) is 19.3 Å². The van der Waals surface area contributed by atoms with E-state index in [0.717, 1.165) is 0 Å². The van der Waals surface area contributed by atoms with Crippen molar-refractivity contribution in [2.24, 2.45) is 0 Å². The molecule has 1 N–H and O–H groups in total. The van der Waals surface area contributed by atoms with E-state index in [9.17, 15) is 14.7 Å². The number of allylic oxidation sites excluding steroid dienone is 1. The minimum absolute atomic E-state index is 0.0184. The first kappa shape index (κ1) is 16.8. The maximum absolute atomic E-state index is 12.0. The fourth-order valence-corrected chi connectivity index (χ4v) is 2.23. The van der Waals surface area contributed by atoms with Gasteiger partial charge in [0.15, 0.2) is 23.1 Å². The van der Waals surface area contributed by atoms with Crippen molar-refractivity contribution in [2.75, 3.05) is 7.11 Å². The van der Waals surface area contributed by atoms with Gasteiger partial charge in [-0.05, 0) is 35.9 Å². The Morgan fingerprint density at radius 1 is 1.22 bits per heavy atom. The number of aromatic hydroxyl groups is 1. The summed E-state index contributed by atoms with van der Waals surface area (Å²) in [5.74, 6) is -0.327. The summed E-state index contributed by atoms with van der Waals surface area (Å²) < 4.78 is 4.99.